The molecular weight excluding hydrogens is 393 g/mol. The first kappa shape index (κ1) is 19.6. The van der Waals surface area contributed by atoms with Crippen LogP contribution in [-0.4, -0.2) is 23.7 Å². The van der Waals surface area contributed by atoms with Crippen molar-refractivity contribution in [2.75, 3.05) is 11.7 Å². The first-order chi connectivity index (χ1) is 13.9. The fourth-order valence-corrected chi connectivity index (χ4v) is 7.35. The Labute approximate surface area is 176 Å². The van der Waals surface area contributed by atoms with Crippen molar-refractivity contribution in [2.45, 2.75) is 63.8 Å². The van der Waals surface area contributed by atoms with E-state index in [2.05, 4.69) is 0 Å². The fourth-order valence-electron chi connectivity index (χ4n) is 7.18. The number of rotatable bonds is 6. The molecule has 1 aromatic carbocycles. The molecule has 2 unspecified atom stereocenters. The molecule has 0 saturated heterocycles. The SMILES string of the molecule is O=C(O)C1CCCC1N(OCC12CC3CC(CC(C3)C1)C2)c1cc(Cl)ccc1F. The number of hydrogen-bond donors (Lipinski definition) is 1. The first-order valence-corrected chi connectivity index (χ1v) is 11.4. The van der Waals surface area contributed by atoms with Crippen LogP contribution in [0.5, 0.6) is 0 Å². The minimum atomic E-state index is -0.835. The Bertz CT molecular complexity index is 765. The Hall–Kier alpha value is -1.33. The van der Waals surface area contributed by atoms with Crippen LogP contribution in [0.15, 0.2) is 18.2 Å². The average molecular weight is 422 g/mol. The lowest BCUT2D eigenvalue weighted by Gasteiger charge is -2.57. The van der Waals surface area contributed by atoms with Crippen molar-refractivity contribution in [3.8, 4) is 0 Å². The van der Waals surface area contributed by atoms with Crippen LogP contribution < -0.4 is 5.06 Å². The number of carbonyl (C=O) groups is 1. The number of nitrogens with zero attached hydrogens (tertiary/aromatic N) is 1. The molecule has 0 radical (unpaired) electrons. The van der Waals surface area contributed by atoms with E-state index in [9.17, 15) is 14.3 Å². The van der Waals surface area contributed by atoms with E-state index in [1.165, 1.54) is 50.7 Å². The molecule has 5 aliphatic carbocycles. The lowest BCUT2D eigenvalue weighted by molar-refractivity contribution is -0.143. The van der Waals surface area contributed by atoms with Crippen molar-refractivity contribution in [2.24, 2.45) is 29.1 Å². The predicted molar refractivity (Wildman–Crippen MR) is 109 cm³/mol. The van der Waals surface area contributed by atoms with Crippen molar-refractivity contribution in [3.63, 3.8) is 0 Å². The molecule has 4 nitrogen and oxygen atoms in total. The first-order valence-electron chi connectivity index (χ1n) is 11.0. The van der Waals surface area contributed by atoms with Crippen LogP contribution in [0.1, 0.15) is 57.8 Å². The summed E-state index contributed by atoms with van der Waals surface area (Å²) in [5.74, 6) is 0.609. The van der Waals surface area contributed by atoms with Gasteiger partial charge in [0.05, 0.1) is 18.6 Å². The zero-order chi connectivity index (χ0) is 20.2. The van der Waals surface area contributed by atoms with E-state index in [1.54, 1.807) is 11.1 Å². The molecule has 0 amide bonds. The molecule has 1 N–H and O–H groups in total. The van der Waals surface area contributed by atoms with E-state index < -0.39 is 17.7 Å². The second-order valence-corrected chi connectivity index (χ2v) is 10.5. The minimum Gasteiger partial charge on any atom is -0.481 e. The Balaban J connectivity index is 1.42. The minimum absolute atomic E-state index is 0.166. The Kier molecular flexibility index (Phi) is 5.02. The number of hydrogen-bond acceptors (Lipinski definition) is 3. The van der Waals surface area contributed by atoms with E-state index in [1.807, 2.05) is 0 Å². The quantitative estimate of drug-likeness (QED) is 0.599. The molecule has 5 fully saturated rings. The molecule has 1 aromatic rings. The normalized spacial score (nSPS) is 37.8. The maximum absolute atomic E-state index is 14.8. The molecular formula is C23H29ClFNO3. The van der Waals surface area contributed by atoms with Crippen LogP contribution in [-0.2, 0) is 9.63 Å². The molecule has 0 spiro atoms. The number of carboxylic acid groups (broad SMARTS) is 1. The number of benzene rings is 1. The van der Waals surface area contributed by atoms with Gasteiger partial charge in [0.2, 0.25) is 0 Å². The van der Waals surface area contributed by atoms with E-state index >= 15 is 0 Å². The molecule has 6 heteroatoms. The van der Waals surface area contributed by atoms with E-state index in [0.29, 0.717) is 24.5 Å². The molecule has 0 aromatic heterocycles. The highest BCUT2D eigenvalue weighted by atomic mass is 35.5. The third kappa shape index (κ3) is 3.65. The fraction of sp³-hybridized carbons (Fsp3) is 0.696. The van der Waals surface area contributed by atoms with Crippen molar-refractivity contribution in [3.05, 3.63) is 29.0 Å². The highest BCUT2D eigenvalue weighted by Gasteiger charge is 2.51. The molecule has 0 heterocycles. The number of anilines is 1. The molecule has 4 bridgehead atoms. The van der Waals surface area contributed by atoms with Crippen LogP contribution >= 0.6 is 11.6 Å². The van der Waals surface area contributed by atoms with Gasteiger partial charge >= 0.3 is 5.97 Å². The number of aliphatic carboxylic acids is 1. The summed E-state index contributed by atoms with van der Waals surface area (Å²) >= 11 is 6.16. The highest BCUT2D eigenvalue weighted by molar-refractivity contribution is 6.30. The lowest BCUT2D eigenvalue weighted by Crippen LogP contribution is -2.50. The summed E-state index contributed by atoms with van der Waals surface area (Å²) in [7, 11) is 0. The maximum Gasteiger partial charge on any atom is 0.308 e. The molecule has 6 rings (SSSR count). The summed E-state index contributed by atoms with van der Waals surface area (Å²) in [6.45, 7) is 0.547. The Morgan fingerprint density at radius 2 is 1.83 bits per heavy atom. The van der Waals surface area contributed by atoms with Gasteiger partial charge in [-0.25, -0.2) is 9.45 Å². The van der Waals surface area contributed by atoms with Gasteiger partial charge in [0.1, 0.15) is 11.5 Å². The molecule has 2 atom stereocenters. The van der Waals surface area contributed by atoms with Gasteiger partial charge in [0.15, 0.2) is 0 Å². The topological polar surface area (TPSA) is 49.8 Å². The summed E-state index contributed by atoms with van der Waals surface area (Å²) < 4.78 is 14.8. The van der Waals surface area contributed by atoms with Gasteiger partial charge in [0, 0.05) is 5.02 Å². The highest BCUT2D eigenvalue weighted by Crippen LogP contribution is 2.60. The van der Waals surface area contributed by atoms with E-state index in [-0.39, 0.29) is 17.1 Å². The van der Waals surface area contributed by atoms with Gasteiger partial charge in [-0.1, -0.05) is 18.0 Å². The average Bonchev–Trinajstić information content (AvgIpc) is 3.13. The Morgan fingerprint density at radius 3 is 2.45 bits per heavy atom. The summed E-state index contributed by atoms with van der Waals surface area (Å²) in [4.78, 5) is 18.2. The third-order valence-corrected chi connectivity index (χ3v) is 8.15. The monoisotopic (exact) mass is 421 g/mol. The smallest absolute Gasteiger partial charge is 0.308 e. The largest absolute Gasteiger partial charge is 0.481 e. The molecule has 5 saturated carbocycles. The van der Waals surface area contributed by atoms with Crippen molar-refractivity contribution >= 4 is 23.3 Å². The van der Waals surface area contributed by atoms with Crippen LogP contribution in [0.25, 0.3) is 0 Å². The van der Waals surface area contributed by atoms with Crippen molar-refractivity contribution in [1.82, 2.24) is 0 Å². The summed E-state index contributed by atoms with van der Waals surface area (Å²) in [5, 5.41) is 11.7. The summed E-state index contributed by atoms with van der Waals surface area (Å²) in [6.07, 6.45) is 9.73. The van der Waals surface area contributed by atoms with Gasteiger partial charge in [-0.2, -0.15) is 0 Å². The Morgan fingerprint density at radius 1 is 1.17 bits per heavy atom. The van der Waals surface area contributed by atoms with Gasteiger partial charge in [-0.05, 0) is 92.7 Å². The second-order valence-electron chi connectivity index (χ2n) is 10.1. The lowest BCUT2D eigenvalue weighted by atomic mass is 9.50. The molecule has 29 heavy (non-hydrogen) atoms. The van der Waals surface area contributed by atoms with Gasteiger partial charge in [-0.3, -0.25) is 9.63 Å². The standard InChI is InChI=1S/C23H29ClFNO3/c24-17-4-5-19(25)21(9-17)26(20-3-1-2-18(20)22(27)28)29-13-23-10-14-6-15(11-23)8-16(7-14)12-23/h4-5,9,14-16,18,20H,1-3,6-8,10-13H2,(H,27,28). The van der Waals surface area contributed by atoms with E-state index in [4.69, 9.17) is 16.4 Å². The van der Waals surface area contributed by atoms with Crippen molar-refractivity contribution in [1.29, 1.82) is 0 Å². The molecule has 5 aliphatic rings. The van der Waals surface area contributed by atoms with E-state index in [0.717, 1.165) is 24.2 Å². The van der Waals surface area contributed by atoms with Gasteiger partial charge in [-0.15, -0.1) is 0 Å². The van der Waals surface area contributed by atoms with Crippen LogP contribution in [0.4, 0.5) is 10.1 Å². The van der Waals surface area contributed by atoms with Crippen LogP contribution in [0.2, 0.25) is 5.02 Å². The number of halogens is 2. The second kappa shape index (κ2) is 7.42. The van der Waals surface area contributed by atoms with Crippen LogP contribution in [0, 0.1) is 34.9 Å². The predicted octanol–water partition coefficient (Wildman–Crippen LogP) is 5.69. The number of carboxylic acids is 1. The molecule has 0 aliphatic heterocycles. The zero-order valence-electron chi connectivity index (χ0n) is 16.7. The third-order valence-electron chi connectivity index (χ3n) is 7.92. The maximum atomic E-state index is 14.8. The summed E-state index contributed by atoms with van der Waals surface area (Å²) in [6, 6.07) is 4.05. The summed E-state index contributed by atoms with van der Waals surface area (Å²) in [5.41, 5.74) is 0.430. The zero-order valence-corrected chi connectivity index (χ0v) is 17.4. The number of hydroxylamine groups is 1. The van der Waals surface area contributed by atoms with Gasteiger partial charge in [0.25, 0.3) is 0 Å². The van der Waals surface area contributed by atoms with Crippen LogP contribution in [0.3, 0.4) is 0 Å². The van der Waals surface area contributed by atoms with Crippen molar-refractivity contribution < 1.29 is 19.1 Å². The van der Waals surface area contributed by atoms with Gasteiger partial charge < -0.3 is 5.11 Å². The molecule has 158 valence electrons.